The molecule has 0 aliphatic rings. The first kappa shape index (κ1) is 12.8. The summed E-state index contributed by atoms with van der Waals surface area (Å²) in [5.74, 6) is 0. The lowest BCUT2D eigenvalue weighted by Crippen LogP contribution is -2.05. The Kier molecular flexibility index (Phi) is 4.12. The molecule has 88 valence electrons. The Morgan fingerprint density at radius 3 is 2.50 bits per heavy atom. The van der Waals surface area contributed by atoms with Gasteiger partial charge in [-0.25, -0.2) is 0 Å². The van der Waals surface area contributed by atoms with Crippen LogP contribution in [0.3, 0.4) is 0 Å². The second-order valence-electron chi connectivity index (χ2n) is 3.55. The fourth-order valence-corrected chi connectivity index (χ4v) is 1.35. The Morgan fingerprint density at radius 2 is 2.00 bits per heavy atom. The third-order valence-electron chi connectivity index (χ3n) is 2.23. The maximum atomic E-state index is 12.4. The molecular formula is C12H14F3N. The molecule has 1 aromatic carbocycles. The molecule has 0 atom stereocenters. The smallest absolute Gasteiger partial charge is 0.330 e. The van der Waals surface area contributed by atoms with Crippen molar-refractivity contribution in [1.82, 2.24) is 0 Å². The van der Waals surface area contributed by atoms with Crippen molar-refractivity contribution in [2.24, 2.45) is 5.73 Å². The first-order chi connectivity index (χ1) is 7.45. The van der Waals surface area contributed by atoms with Crippen LogP contribution in [-0.4, -0.2) is 6.54 Å². The van der Waals surface area contributed by atoms with E-state index in [1.165, 1.54) is 6.07 Å². The van der Waals surface area contributed by atoms with Gasteiger partial charge in [0.2, 0.25) is 0 Å². The number of hydrogen-bond donors (Lipinski definition) is 1. The predicted octanol–water partition coefficient (Wildman–Crippen LogP) is 3.38. The standard InChI is InChI=1S/C12H14F3N/c1-9-8-11(12(13,14)15)6-5-10(9)4-2-3-7-16/h2,4-6,8H,3,7,16H2,1H3/b4-2+. The molecule has 1 nitrogen and oxygen atoms in total. The molecule has 4 heteroatoms. The monoisotopic (exact) mass is 229 g/mol. The van der Waals surface area contributed by atoms with E-state index in [2.05, 4.69) is 0 Å². The lowest BCUT2D eigenvalue weighted by molar-refractivity contribution is -0.137. The Labute approximate surface area is 92.8 Å². The van der Waals surface area contributed by atoms with E-state index in [1.807, 2.05) is 6.08 Å². The summed E-state index contributed by atoms with van der Waals surface area (Å²) >= 11 is 0. The number of benzene rings is 1. The predicted molar refractivity (Wildman–Crippen MR) is 58.9 cm³/mol. The fourth-order valence-electron chi connectivity index (χ4n) is 1.35. The van der Waals surface area contributed by atoms with Gasteiger partial charge in [-0.15, -0.1) is 0 Å². The second-order valence-corrected chi connectivity index (χ2v) is 3.55. The molecule has 2 N–H and O–H groups in total. The summed E-state index contributed by atoms with van der Waals surface area (Å²) in [7, 11) is 0. The van der Waals surface area contributed by atoms with Crippen LogP contribution in [0.25, 0.3) is 6.08 Å². The van der Waals surface area contributed by atoms with Crippen molar-refractivity contribution in [3.8, 4) is 0 Å². The van der Waals surface area contributed by atoms with Gasteiger partial charge >= 0.3 is 6.18 Å². The van der Waals surface area contributed by atoms with Gasteiger partial charge in [-0.3, -0.25) is 0 Å². The number of rotatable bonds is 3. The van der Waals surface area contributed by atoms with Gasteiger partial charge in [0.05, 0.1) is 5.56 Å². The number of nitrogens with two attached hydrogens (primary N) is 1. The number of hydrogen-bond acceptors (Lipinski definition) is 1. The largest absolute Gasteiger partial charge is 0.416 e. The summed E-state index contributed by atoms with van der Waals surface area (Å²) in [4.78, 5) is 0. The molecule has 0 bridgehead atoms. The molecule has 0 spiro atoms. The van der Waals surface area contributed by atoms with Crippen LogP contribution in [0.15, 0.2) is 24.3 Å². The average Bonchev–Trinajstić information content (AvgIpc) is 2.19. The summed E-state index contributed by atoms with van der Waals surface area (Å²) < 4.78 is 37.1. The molecule has 0 aliphatic heterocycles. The lowest BCUT2D eigenvalue weighted by Gasteiger charge is -2.08. The zero-order chi connectivity index (χ0) is 12.2. The summed E-state index contributed by atoms with van der Waals surface area (Å²) in [6.07, 6.45) is 0.0999. The Bertz CT molecular complexity index is 380. The van der Waals surface area contributed by atoms with Gasteiger partial charge in [-0.05, 0) is 43.1 Å². The van der Waals surface area contributed by atoms with Crippen LogP contribution in [0.5, 0.6) is 0 Å². The highest BCUT2D eigenvalue weighted by molar-refractivity contribution is 5.54. The first-order valence-corrected chi connectivity index (χ1v) is 4.99. The van der Waals surface area contributed by atoms with Crippen LogP contribution in [-0.2, 0) is 6.18 Å². The van der Waals surface area contributed by atoms with E-state index < -0.39 is 11.7 Å². The minimum atomic E-state index is -4.27. The quantitative estimate of drug-likeness (QED) is 0.844. The first-order valence-electron chi connectivity index (χ1n) is 4.99. The third kappa shape index (κ3) is 3.38. The zero-order valence-electron chi connectivity index (χ0n) is 9.01. The highest BCUT2D eigenvalue weighted by atomic mass is 19.4. The molecule has 0 heterocycles. The minimum absolute atomic E-state index is 0.538. The highest BCUT2D eigenvalue weighted by Crippen LogP contribution is 2.30. The van der Waals surface area contributed by atoms with Crippen LogP contribution in [0.2, 0.25) is 0 Å². The molecule has 0 unspecified atom stereocenters. The third-order valence-corrected chi connectivity index (χ3v) is 2.23. The van der Waals surface area contributed by atoms with Crippen LogP contribution < -0.4 is 5.73 Å². The molecule has 0 fully saturated rings. The van der Waals surface area contributed by atoms with E-state index in [4.69, 9.17) is 5.73 Å². The molecule has 0 radical (unpaired) electrons. The lowest BCUT2D eigenvalue weighted by atomic mass is 10.0. The number of alkyl halides is 3. The SMILES string of the molecule is Cc1cc(C(F)(F)F)ccc1/C=C/CCN. The molecule has 0 saturated carbocycles. The van der Waals surface area contributed by atoms with Crippen molar-refractivity contribution in [2.45, 2.75) is 19.5 Å². The van der Waals surface area contributed by atoms with Crippen molar-refractivity contribution >= 4 is 6.08 Å². The zero-order valence-corrected chi connectivity index (χ0v) is 9.01. The van der Waals surface area contributed by atoms with Crippen molar-refractivity contribution in [3.63, 3.8) is 0 Å². The molecule has 0 aromatic heterocycles. The normalized spacial score (nSPS) is 12.3. The molecule has 0 amide bonds. The number of halogens is 3. The Hall–Kier alpha value is -1.29. The van der Waals surface area contributed by atoms with Crippen molar-refractivity contribution < 1.29 is 13.2 Å². The molecular weight excluding hydrogens is 215 g/mol. The van der Waals surface area contributed by atoms with Gasteiger partial charge < -0.3 is 5.73 Å². The van der Waals surface area contributed by atoms with E-state index >= 15 is 0 Å². The van der Waals surface area contributed by atoms with E-state index in [0.29, 0.717) is 12.1 Å². The Morgan fingerprint density at radius 1 is 1.31 bits per heavy atom. The summed E-state index contributed by atoms with van der Waals surface area (Å²) in [6, 6.07) is 3.72. The molecule has 0 saturated heterocycles. The van der Waals surface area contributed by atoms with Crippen molar-refractivity contribution in [2.75, 3.05) is 6.54 Å². The van der Waals surface area contributed by atoms with Crippen LogP contribution in [0, 0.1) is 6.92 Å². The van der Waals surface area contributed by atoms with Gasteiger partial charge in [-0.1, -0.05) is 18.2 Å². The summed E-state index contributed by atoms with van der Waals surface area (Å²) in [5, 5.41) is 0. The molecule has 16 heavy (non-hydrogen) atoms. The van der Waals surface area contributed by atoms with Crippen LogP contribution in [0.4, 0.5) is 13.2 Å². The maximum absolute atomic E-state index is 12.4. The van der Waals surface area contributed by atoms with Gasteiger partial charge in [-0.2, -0.15) is 13.2 Å². The van der Waals surface area contributed by atoms with E-state index in [-0.39, 0.29) is 0 Å². The van der Waals surface area contributed by atoms with E-state index in [9.17, 15) is 13.2 Å². The van der Waals surface area contributed by atoms with Crippen LogP contribution in [0.1, 0.15) is 23.1 Å². The van der Waals surface area contributed by atoms with E-state index in [0.717, 1.165) is 24.1 Å². The molecule has 1 rings (SSSR count). The topological polar surface area (TPSA) is 26.0 Å². The van der Waals surface area contributed by atoms with Crippen molar-refractivity contribution in [3.05, 3.63) is 41.0 Å². The highest BCUT2D eigenvalue weighted by Gasteiger charge is 2.30. The van der Waals surface area contributed by atoms with Gasteiger partial charge in [0, 0.05) is 0 Å². The van der Waals surface area contributed by atoms with E-state index in [1.54, 1.807) is 13.0 Å². The second kappa shape index (κ2) is 5.16. The summed E-state index contributed by atoms with van der Waals surface area (Å²) in [6.45, 7) is 2.20. The number of aryl methyl sites for hydroxylation is 1. The van der Waals surface area contributed by atoms with Gasteiger partial charge in [0.15, 0.2) is 0 Å². The Balaban J connectivity index is 2.92. The van der Waals surface area contributed by atoms with Crippen LogP contribution >= 0.6 is 0 Å². The molecule has 1 aromatic rings. The van der Waals surface area contributed by atoms with Crippen molar-refractivity contribution in [1.29, 1.82) is 0 Å². The average molecular weight is 229 g/mol. The fraction of sp³-hybridized carbons (Fsp3) is 0.333. The van der Waals surface area contributed by atoms with Gasteiger partial charge in [0.25, 0.3) is 0 Å². The summed E-state index contributed by atoms with van der Waals surface area (Å²) in [5.41, 5.74) is 6.11. The molecule has 0 aliphatic carbocycles. The van der Waals surface area contributed by atoms with Gasteiger partial charge in [0.1, 0.15) is 0 Å². The maximum Gasteiger partial charge on any atom is 0.416 e. The minimum Gasteiger partial charge on any atom is -0.330 e.